The summed E-state index contributed by atoms with van der Waals surface area (Å²) in [6.45, 7) is 2.00. The molecular formula is C16H18N2O. The largest absolute Gasteiger partial charge is 0.378 e. The van der Waals surface area contributed by atoms with Crippen molar-refractivity contribution in [1.82, 2.24) is 0 Å². The summed E-state index contributed by atoms with van der Waals surface area (Å²) < 4.78 is 0. The van der Waals surface area contributed by atoms with Crippen LogP contribution in [-0.4, -0.2) is 20.0 Å². The third-order valence-electron chi connectivity index (χ3n) is 2.96. The maximum atomic E-state index is 12.0. The van der Waals surface area contributed by atoms with E-state index >= 15 is 0 Å². The number of hydrogen-bond donors (Lipinski definition) is 1. The molecule has 0 aliphatic carbocycles. The number of nitrogens with zero attached hydrogens (tertiary/aromatic N) is 1. The molecule has 0 aliphatic heterocycles. The van der Waals surface area contributed by atoms with E-state index in [1.54, 1.807) is 0 Å². The van der Waals surface area contributed by atoms with Gasteiger partial charge in [0.1, 0.15) is 0 Å². The molecule has 0 aromatic heterocycles. The van der Waals surface area contributed by atoms with E-state index in [1.165, 1.54) is 0 Å². The Bertz CT molecular complexity index is 556. The molecule has 0 aliphatic rings. The standard InChI is InChI=1S/C16H18N2O/c1-12-4-6-13(7-5-12)16(19)17-14-8-10-15(11-9-14)18(2)3/h4-11H,1-3H3,(H,17,19). The Morgan fingerprint density at radius 1 is 0.947 bits per heavy atom. The highest BCUT2D eigenvalue weighted by molar-refractivity contribution is 6.04. The van der Waals surface area contributed by atoms with Crippen molar-refractivity contribution in [2.45, 2.75) is 6.92 Å². The van der Waals surface area contributed by atoms with Crippen molar-refractivity contribution in [2.75, 3.05) is 24.3 Å². The second kappa shape index (κ2) is 5.57. The molecule has 19 heavy (non-hydrogen) atoms. The number of carbonyl (C=O) groups is 1. The lowest BCUT2D eigenvalue weighted by atomic mass is 10.1. The van der Waals surface area contributed by atoms with Crippen LogP contribution >= 0.6 is 0 Å². The van der Waals surface area contributed by atoms with Crippen LogP contribution in [0.2, 0.25) is 0 Å². The Balaban J connectivity index is 2.08. The van der Waals surface area contributed by atoms with Gasteiger partial charge < -0.3 is 10.2 Å². The van der Waals surface area contributed by atoms with Gasteiger partial charge in [0.15, 0.2) is 0 Å². The summed E-state index contributed by atoms with van der Waals surface area (Å²) in [6, 6.07) is 15.3. The van der Waals surface area contributed by atoms with Crippen LogP contribution in [0.4, 0.5) is 11.4 Å². The van der Waals surface area contributed by atoms with Gasteiger partial charge in [-0.2, -0.15) is 0 Å². The number of nitrogens with one attached hydrogen (secondary N) is 1. The number of anilines is 2. The summed E-state index contributed by atoms with van der Waals surface area (Å²) in [5.74, 6) is -0.0856. The summed E-state index contributed by atoms with van der Waals surface area (Å²) in [7, 11) is 3.97. The second-order valence-corrected chi connectivity index (χ2v) is 4.76. The van der Waals surface area contributed by atoms with Crippen LogP contribution in [0.3, 0.4) is 0 Å². The van der Waals surface area contributed by atoms with Crippen LogP contribution in [0.15, 0.2) is 48.5 Å². The first-order valence-corrected chi connectivity index (χ1v) is 6.21. The lowest BCUT2D eigenvalue weighted by Crippen LogP contribution is -2.12. The third kappa shape index (κ3) is 3.35. The minimum atomic E-state index is -0.0856. The minimum absolute atomic E-state index is 0.0856. The van der Waals surface area contributed by atoms with E-state index in [4.69, 9.17) is 0 Å². The van der Waals surface area contributed by atoms with Crippen molar-refractivity contribution in [1.29, 1.82) is 0 Å². The van der Waals surface area contributed by atoms with Crippen molar-refractivity contribution < 1.29 is 4.79 Å². The van der Waals surface area contributed by atoms with Crippen LogP contribution in [-0.2, 0) is 0 Å². The fourth-order valence-electron chi connectivity index (χ4n) is 1.75. The number of rotatable bonds is 3. The van der Waals surface area contributed by atoms with Crippen LogP contribution in [0, 0.1) is 6.92 Å². The summed E-state index contributed by atoms with van der Waals surface area (Å²) in [6.07, 6.45) is 0. The third-order valence-corrected chi connectivity index (χ3v) is 2.96. The fourth-order valence-corrected chi connectivity index (χ4v) is 1.75. The first kappa shape index (κ1) is 13.1. The van der Waals surface area contributed by atoms with E-state index in [-0.39, 0.29) is 5.91 Å². The summed E-state index contributed by atoms with van der Waals surface area (Å²) in [5, 5.41) is 2.89. The quantitative estimate of drug-likeness (QED) is 0.911. The molecule has 0 bridgehead atoms. The number of hydrogen-bond acceptors (Lipinski definition) is 2. The van der Waals surface area contributed by atoms with Gasteiger partial charge in [-0.05, 0) is 43.3 Å². The van der Waals surface area contributed by atoms with Crippen LogP contribution in [0.5, 0.6) is 0 Å². The molecule has 0 saturated heterocycles. The maximum Gasteiger partial charge on any atom is 0.255 e. The minimum Gasteiger partial charge on any atom is -0.378 e. The lowest BCUT2D eigenvalue weighted by molar-refractivity contribution is 0.102. The molecule has 0 spiro atoms. The van der Waals surface area contributed by atoms with Crippen LogP contribution < -0.4 is 10.2 Å². The molecule has 2 rings (SSSR count). The molecule has 0 unspecified atom stereocenters. The van der Waals surface area contributed by atoms with Crippen molar-refractivity contribution in [2.24, 2.45) is 0 Å². The Labute approximate surface area is 113 Å². The Kier molecular flexibility index (Phi) is 3.85. The SMILES string of the molecule is Cc1ccc(C(=O)Nc2ccc(N(C)C)cc2)cc1. The van der Waals surface area contributed by atoms with Crippen LogP contribution in [0.1, 0.15) is 15.9 Å². The smallest absolute Gasteiger partial charge is 0.255 e. The molecule has 0 fully saturated rings. The zero-order chi connectivity index (χ0) is 13.8. The van der Waals surface area contributed by atoms with Gasteiger partial charge >= 0.3 is 0 Å². The lowest BCUT2D eigenvalue weighted by Gasteiger charge is -2.13. The van der Waals surface area contributed by atoms with Gasteiger partial charge in [-0.3, -0.25) is 4.79 Å². The normalized spacial score (nSPS) is 10.1. The van der Waals surface area contributed by atoms with Crippen LogP contribution in [0.25, 0.3) is 0 Å². The van der Waals surface area contributed by atoms with Crippen molar-refractivity contribution >= 4 is 17.3 Å². The Morgan fingerprint density at radius 3 is 2.05 bits per heavy atom. The second-order valence-electron chi connectivity index (χ2n) is 4.76. The first-order chi connectivity index (χ1) is 9.06. The van der Waals surface area contributed by atoms with Crippen molar-refractivity contribution in [3.05, 3.63) is 59.7 Å². The predicted molar refractivity (Wildman–Crippen MR) is 79.9 cm³/mol. The van der Waals surface area contributed by atoms with Gasteiger partial charge in [-0.25, -0.2) is 0 Å². The monoisotopic (exact) mass is 254 g/mol. The van der Waals surface area contributed by atoms with Gasteiger partial charge in [0.05, 0.1) is 0 Å². The zero-order valence-corrected chi connectivity index (χ0v) is 11.5. The van der Waals surface area contributed by atoms with E-state index in [0.29, 0.717) is 5.56 Å². The van der Waals surface area contributed by atoms with E-state index in [1.807, 2.05) is 74.4 Å². The first-order valence-electron chi connectivity index (χ1n) is 6.21. The van der Waals surface area contributed by atoms with E-state index in [2.05, 4.69) is 5.32 Å². The fraction of sp³-hybridized carbons (Fsp3) is 0.188. The number of aryl methyl sites for hydroxylation is 1. The molecule has 0 heterocycles. The molecule has 3 heteroatoms. The van der Waals surface area contributed by atoms with E-state index in [9.17, 15) is 4.79 Å². The van der Waals surface area contributed by atoms with Gasteiger partial charge in [0.25, 0.3) is 5.91 Å². The highest BCUT2D eigenvalue weighted by atomic mass is 16.1. The zero-order valence-electron chi connectivity index (χ0n) is 11.5. The van der Waals surface area contributed by atoms with Gasteiger partial charge in [0, 0.05) is 31.0 Å². The molecule has 0 atom stereocenters. The van der Waals surface area contributed by atoms with Crippen molar-refractivity contribution in [3.63, 3.8) is 0 Å². The molecule has 3 nitrogen and oxygen atoms in total. The van der Waals surface area contributed by atoms with Crippen molar-refractivity contribution in [3.8, 4) is 0 Å². The molecule has 0 saturated carbocycles. The molecule has 98 valence electrons. The number of benzene rings is 2. The Morgan fingerprint density at radius 2 is 1.53 bits per heavy atom. The average Bonchev–Trinajstić information content (AvgIpc) is 2.40. The van der Waals surface area contributed by atoms with Gasteiger partial charge in [-0.15, -0.1) is 0 Å². The highest BCUT2D eigenvalue weighted by Gasteiger charge is 2.05. The molecule has 1 amide bonds. The van der Waals surface area contributed by atoms with Gasteiger partial charge in [-0.1, -0.05) is 17.7 Å². The molecule has 0 radical (unpaired) electrons. The molecule has 2 aromatic carbocycles. The topological polar surface area (TPSA) is 32.3 Å². The molecular weight excluding hydrogens is 236 g/mol. The number of amides is 1. The maximum absolute atomic E-state index is 12.0. The molecule has 2 aromatic rings. The van der Waals surface area contributed by atoms with Gasteiger partial charge in [0.2, 0.25) is 0 Å². The summed E-state index contributed by atoms with van der Waals surface area (Å²) >= 11 is 0. The highest BCUT2D eigenvalue weighted by Crippen LogP contribution is 2.16. The summed E-state index contributed by atoms with van der Waals surface area (Å²) in [4.78, 5) is 14.0. The molecule has 1 N–H and O–H groups in total. The van der Waals surface area contributed by atoms with E-state index < -0.39 is 0 Å². The number of carbonyl (C=O) groups excluding carboxylic acids is 1. The van der Waals surface area contributed by atoms with E-state index in [0.717, 1.165) is 16.9 Å². The predicted octanol–water partition coefficient (Wildman–Crippen LogP) is 3.31. The Hall–Kier alpha value is -2.29. The average molecular weight is 254 g/mol. The summed E-state index contributed by atoms with van der Waals surface area (Å²) in [5.41, 5.74) is 3.72.